The van der Waals surface area contributed by atoms with Crippen LogP contribution in [0, 0.1) is 11.6 Å². The predicted molar refractivity (Wildman–Crippen MR) is 130 cm³/mol. The molecule has 1 amide bonds. The molecule has 2 aromatic heterocycles. The van der Waals surface area contributed by atoms with Gasteiger partial charge in [0.1, 0.15) is 22.8 Å². The van der Waals surface area contributed by atoms with Crippen LogP contribution in [0.2, 0.25) is 5.02 Å². The number of amidine groups is 1. The summed E-state index contributed by atoms with van der Waals surface area (Å²) in [7, 11) is 0. The highest BCUT2D eigenvalue weighted by Gasteiger charge is 2.50. The summed E-state index contributed by atoms with van der Waals surface area (Å²) in [5.41, 5.74) is -2.95. The number of pyridine rings is 1. The minimum absolute atomic E-state index is 0.0151. The Balaban J connectivity index is 1.72. The minimum Gasteiger partial charge on any atom is -0.452 e. The molecule has 0 saturated heterocycles. The number of halogens is 6. The van der Waals surface area contributed by atoms with Crippen molar-refractivity contribution in [2.45, 2.75) is 57.5 Å². The van der Waals surface area contributed by atoms with Crippen LogP contribution in [0.1, 0.15) is 39.7 Å². The molecule has 8 nitrogen and oxygen atoms in total. The smallest absolute Gasteiger partial charge is 0.425 e. The SMILES string of the molecule is CC(C)(C)OC(=O)NC1=N[C@](C)(c2cc(-c3cc(-c4ncc(Cl)cc4F)no3)ccc2F)C[C@@H](C(F)(F)F)O1. The van der Waals surface area contributed by atoms with Crippen molar-refractivity contribution in [2.24, 2.45) is 4.99 Å². The van der Waals surface area contributed by atoms with Gasteiger partial charge in [-0.1, -0.05) is 16.8 Å². The number of benzene rings is 1. The molecule has 0 fully saturated rings. The number of carbonyl (C=O) groups is 1. The van der Waals surface area contributed by atoms with E-state index < -0.39 is 53.6 Å². The molecule has 3 heterocycles. The van der Waals surface area contributed by atoms with Gasteiger partial charge in [0.15, 0.2) is 17.7 Å². The summed E-state index contributed by atoms with van der Waals surface area (Å²) in [5.74, 6) is -1.56. The first-order chi connectivity index (χ1) is 18.0. The maximum absolute atomic E-state index is 15.1. The zero-order chi connectivity index (χ0) is 28.8. The van der Waals surface area contributed by atoms with E-state index in [2.05, 4.69) is 20.4 Å². The number of rotatable bonds is 3. The zero-order valence-corrected chi connectivity index (χ0v) is 21.7. The monoisotopic (exact) mass is 572 g/mol. The average Bonchev–Trinajstić information content (AvgIpc) is 3.27. The summed E-state index contributed by atoms with van der Waals surface area (Å²) in [6.45, 7) is 5.95. The fraction of sp³-hybridized carbons (Fsp3) is 0.360. The summed E-state index contributed by atoms with van der Waals surface area (Å²) in [6.07, 6.45) is -7.95. The van der Waals surface area contributed by atoms with Crippen LogP contribution in [0.4, 0.5) is 26.7 Å². The molecule has 2 atom stereocenters. The van der Waals surface area contributed by atoms with E-state index in [9.17, 15) is 22.4 Å². The number of alkyl halides is 3. The Labute approximate surface area is 224 Å². The number of aromatic nitrogens is 2. The van der Waals surface area contributed by atoms with E-state index in [4.69, 9.17) is 25.6 Å². The first-order valence-electron chi connectivity index (χ1n) is 11.5. The van der Waals surface area contributed by atoms with Gasteiger partial charge in [0.25, 0.3) is 6.02 Å². The van der Waals surface area contributed by atoms with Crippen LogP contribution in [0.15, 0.2) is 46.0 Å². The van der Waals surface area contributed by atoms with Crippen molar-refractivity contribution < 1.29 is 40.7 Å². The van der Waals surface area contributed by atoms with Crippen molar-refractivity contribution in [1.29, 1.82) is 0 Å². The minimum atomic E-state index is -4.86. The highest BCUT2D eigenvalue weighted by molar-refractivity contribution is 6.30. The third-order valence-electron chi connectivity index (χ3n) is 5.55. The summed E-state index contributed by atoms with van der Waals surface area (Å²) in [5, 5.41) is 5.92. The van der Waals surface area contributed by atoms with Gasteiger partial charge in [-0.25, -0.2) is 28.9 Å². The van der Waals surface area contributed by atoms with Crippen LogP contribution in [-0.4, -0.2) is 40.1 Å². The third-order valence-corrected chi connectivity index (χ3v) is 5.76. The number of nitrogens with one attached hydrogen (secondary N) is 1. The molecule has 0 radical (unpaired) electrons. The van der Waals surface area contributed by atoms with Gasteiger partial charge in [0.2, 0.25) is 0 Å². The van der Waals surface area contributed by atoms with Crippen LogP contribution >= 0.6 is 11.6 Å². The van der Waals surface area contributed by atoms with Crippen molar-refractivity contribution in [3.63, 3.8) is 0 Å². The van der Waals surface area contributed by atoms with Crippen LogP contribution in [-0.2, 0) is 15.0 Å². The van der Waals surface area contributed by atoms with Crippen molar-refractivity contribution >= 4 is 23.7 Å². The topological polar surface area (TPSA) is 98.8 Å². The molecule has 0 saturated carbocycles. The Morgan fingerprint density at radius 3 is 2.51 bits per heavy atom. The van der Waals surface area contributed by atoms with Gasteiger partial charge in [0.05, 0.1) is 10.6 Å². The van der Waals surface area contributed by atoms with E-state index >= 15 is 4.39 Å². The van der Waals surface area contributed by atoms with E-state index in [1.165, 1.54) is 31.3 Å². The van der Waals surface area contributed by atoms with Gasteiger partial charge in [-0.05, 0) is 52.0 Å². The Morgan fingerprint density at radius 2 is 1.87 bits per heavy atom. The second kappa shape index (κ2) is 10.1. The molecular weight excluding hydrogens is 551 g/mol. The molecule has 39 heavy (non-hydrogen) atoms. The molecule has 0 aliphatic carbocycles. The van der Waals surface area contributed by atoms with E-state index in [1.807, 2.05) is 0 Å². The van der Waals surface area contributed by atoms with E-state index in [-0.39, 0.29) is 33.3 Å². The molecule has 1 N–H and O–H groups in total. The Hall–Kier alpha value is -3.74. The van der Waals surface area contributed by atoms with Gasteiger partial charge in [-0.3, -0.25) is 0 Å². The lowest BCUT2D eigenvalue weighted by Crippen LogP contribution is -2.49. The Kier molecular flexibility index (Phi) is 7.32. The van der Waals surface area contributed by atoms with Crippen LogP contribution in [0.3, 0.4) is 0 Å². The summed E-state index contributed by atoms with van der Waals surface area (Å²) < 4.78 is 85.9. The van der Waals surface area contributed by atoms with Crippen LogP contribution in [0.25, 0.3) is 22.7 Å². The maximum Gasteiger partial charge on any atom is 0.425 e. The lowest BCUT2D eigenvalue weighted by molar-refractivity contribution is -0.208. The Morgan fingerprint density at radius 1 is 1.15 bits per heavy atom. The van der Waals surface area contributed by atoms with Crippen molar-refractivity contribution in [1.82, 2.24) is 15.5 Å². The molecule has 14 heteroatoms. The number of amides is 1. The Bertz CT molecular complexity index is 1440. The number of alkyl carbamates (subject to hydrolysis) is 1. The molecule has 1 aliphatic rings. The second-order valence-electron chi connectivity index (χ2n) is 9.92. The first kappa shape index (κ1) is 28.3. The molecule has 0 bridgehead atoms. The fourth-order valence-electron chi connectivity index (χ4n) is 3.85. The van der Waals surface area contributed by atoms with Gasteiger partial charge in [-0.15, -0.1) is 0 Å². The molecule has 0 unspecified atom stereocenters. The summed E-state index contributed by atoms with van der Waals surface area (Å²) in [4.78, 5) is 20.2. The number of nitrogens with zero attached hydrogens (tertiary/aromatic N) is 3. The lowest BCUT2D eigenvalue weighted by atomic mass is 9.84. The standard InChI is InChI=1S/C25H22ClF5N4O4/c1-23(2,3)38-22(36)33-21-34-24(4,10-19(37-21)25(29,30)31)14-7-12(5-6-15(14)27)18-9-17(35-39-18)20-16(28)8-13(26)11-32-20/h5-9,11,19H,10H2,1-4H3,(H,33,34,36)/t19-,24-/m0/s1. The van der Waals surface area contributed by atoms with Crippen molar-refractivity contribution in [3.8, 4) is 22.7 Å². The average molecular weight is 573 g/mol. The largest absolute Gasteiger partial charge is 0.452 e. The quantitative estimate of drug-likeness (QED) is 0.347. The second-order valence-corrected chi connectivity index (χ2v) is 10.4. The third kappa shape index (κ3) is 6.47. The zero-order valence-electron chi connectivity index (χ0n) is 21.0. The fourth-order valence-corrected chi connectivity index (χ4v) is 4.00. The van der Waals surface area contributed by atoms with Crippen LogP contribution in [0.5, 0.6) is 0 Å². The van der Waals surface area contributed by atoms with Crippen LogP contribution < -0.4 is 5.32 Å². The molecule has 208 valence electrons. The van der Waals surface area contributed by atoms with Gasteiger partial charge < -0.3 is 14.0 Å². The maximum atomic E-state index is 15.1. The molecule has 0 spiro atoms. The molecule has 1 aliphatic heterocycles. The first-order valence-corrected chi connectivity index (χ1v) is 11.8. The molecule has 4 rings (SSSR count). The van der Waals surface area contributed by atoms with E-state index in [0.29, 0.717) is 0 Å². The highest BCUT2D eigenvalue weighted by atomic mass is 35.5. The van der Waals surface area contributed by atoms with E-state index in [0.717, 1.165) is 12.1 Å². The molecule has 3 aromatic rings. The summed E-state index contributed by atoms with van der Waals surface area (Å²) in [6, 6.07) is 5.16. The number of ether oxygens (including phenoxy) is 2. The summed E-state index contributed by atoms with van der Waals surface area (Å²) >= 11 is 5.73. The van der Waals surface area contributed by atoms with Crippen molar-refractivity contribution in [3.05, 3.63) is 58.7 Å². The number of carbonyl (C=O) groups excluding carboxylic acids is 1. The normalized spacial score (nSPS) is 19.7. The highest BCUT2D eigenvalue weighted by Crippen LogP contribution is 2.42. The van der Waals surface area contributed by atoms with Gasteiger partial charge in [-0.2, -0.15) is 13.2 Å². The van der Waals surface area contributed by atoms with E-state index in [1.54, 1.807) is 20.8 Å². The van der Waals surface area contributed by atoms with Crippen molar-refractivity contribution in [2.75, 3.05) is 0 Å². The van der Waals surface area contributed by atoms with Gasteiger partial charge in [0, 0.05) is 29.8 Å². The number of aliphatic imine (C=N–C) groups is 1. The number of hydrogen-bond acceptors (Lipinski definition) is 7. The molecular formula is C25H22ClF5N4O4. The van der Waals surface area contributed by atoms with Gasteiger partial charge >= 0.3 is 12.3 Å². The molecule has 1 aromatic carbocycles. The predicted octanol–water partition coefficient (Wildman–Crippen LogP) is 6.78. The lowest BCUT2D eigenvalue weighted by Gasteiger charge is -2.37. The number of hydrogen-bond donors (Lipinski definition) is 1.